The number of para-hydroxylation sites is 1. The molecule has 2 rings (SSSR count). The molecule has 0 saturated carbocycles. The van der Waals surface area contributed by atoms with Crippen molar-refractivity contribution in [2.24, 2.45) is 10.9 Å². The molecule has 8 heteroatoms. The highest BCUT2D eigenvalue weighted by atomic mass is 127. The van der Waals surface area contributed by atoms with Crippen molar-refractivity contribution < 1.29 is 13.2 Å². The van der Waals surface area contributed by atoms with Crippen LogP contribution in [0, 0.1) is 5.92 Å². The Balaban J connectivity index is 0.00000288. The smallest absolute Gasteiger partial charge is 0.190 e. The Morgan fingerprint density at radius 1 is 1.29 bits per heavy atom. The lowest BCUT2D eigenvalue weighted by atomic mass is 10.1. The van der Waals surface area contributed by atoms with E-state index >= 15 is 0 Å². The maximum Gasteiger partial charge on any atom is 0.190 e. The first-order valence-corrected chi connectivity index (χ1v) is 9.74. The molecule has 1 aliphatic rings. The minimum atomic E-state index is -2.82. The number of rotatable bonds is 7. The van der Waals surface area contributed by atoms with Crippen molar-refractivity contribution >= 4 is 39.8 Å². The van der Waals surface area contributed by atoms with Gasteiger partial charge in [0.25, 0.3) is 0 Å². The third kappa shape index (κ3) is 7.69. The molecular weight excluding hydrogens is 441 g/mol. The fraction of sp³-hybridized carbons (Fsp3) is 0.562. The van der Waals surface area contributed by atoms with Crippen LogP contribution in [0.2, 0.25) is 0 Å². The second-order valence-electron chi connectivity index (χ2n) is 5.66. The maximum absolute atomic E-state index is 11.4. The Morgan fingerprint density at radius 2 is 2.04 bits per heavy atom. The first-order chi connectivity index (χ1) is 11.1. The highest BCUT2D eigenvalue weighted by molar-refractivity contribution is 14.0. The number of hydrogen-bond donors (Lipinski definition) is 2. The van der Waals surface area contributed by atoms with E-state index in [9.17, 15) is 8.42 Å². The SMILES string of the molecule is CN=C(NCCCOc1ccccc1)NCC1CCS(=O)(=O)C1.I. The van der Waals surface area contributed by atoms with Crippen LogP contribution in [0.25, 0.3) is 0 Å². The molecule has 1 unspecified atom stereocenters. The van der Waals surface area contributed by atoms with Crippen LogP contribution in [0.4, 0.5) is 0 Å². The van der Waals surface area contributed by atoms with Crippen molar-refractivity contribution in [2.75, 3.05) is 38.2 Å². The Bertz CT molecular complexity index is 608. The number of ether oxygens (including phenoxy) is 1. The molecule has 1 aromatic carbocycles. The Morgan fingerprint density at radius 3 is 2.67 bits per heavy atom. The molecule has 1 aliphatic heterocycles. The van der Waals surface area contributed by atoms with Crippen molar-refractivity contribution in [1.82, 2.24) is 10.6 Å². The normalized spacial score (nSPS) is 19.4. The molecule has 1 atom stereocenters. The fourth-order valence-corrected chi connectivity index (χ4v) is 4.34. The fourth-order valence-electron chi connectivity index (χ4n) is 2.48. The predicted octanol–water partition coefficient (Wildman–Crippen LogP) is 1.67. The van der Waals surface area contributed by atoms with Crippen LogP contribution in [0.15, 0.2) is 35.3 Å². The quantitative estimate of drug-likeness (QED) is 0.276. The van der Waals surface area contributed by atoms with E-state index in [1.165, 1.54) is 0 Å². The minimum Gasteiger partial charge on any atom is -0.494 e. The number of hydrogen-bond acceptors (Lipinski definition) is 4. The van der Waals surface area contributed by atoms with Gasteiger partial charge in [0, 0.05) is 20.1 Å². The van der Waals surface area contributed by atoms with Gasteiger partial charge in [-0.25, -0.2) is 8.42 Å². The lowest BCUT2D eigenvalue weighted by Gasteiger charge is -2.14. The third-order valence-corrected chi connectivity index (χ3v) is 5.57. The van der Waals surface area contributed by atoms with Gasteiger partial charge in [0.2, 0.25) is 0 Å². The van der Waals surface area contributed by atoms with Gasteiger partial charge >= 0.3 is 0 Å². The second kappa shape index (κ2) is 10.8. The summed E-state index contributed by atoms with van der Waals surface area (Å²) in [7, 11) is -1.11. The van der Waals surface area contributed by atoms with Crippen molar-refractivity contribution in [3.8, 4) is 5.75 Å². The highest BCUT2D eigenvalue weighted by Gasteiger charge is 2.27. The molecule has 1 aromatic rings. The van der Waals surface area contributed by atoms with E-state index in [0.717, 1.165) is 25.1 Å². The average Bonchev–Trinajstić information content (AvgIpc) is 2.90. The molecule has 0 amide bonds. The summed E-state index contributed by atoms with van der Waals surface area (Å²) in [5.74, 6) is 2.34. The van der Waals surface area contributed by atoms with Crippen LogP contribution in [-0.2, 0) is 9.84 Å². The van der Waals surface area contributed by atoms with E-state index in [-0.39, 0.29) is 35.6 Å². The van der Waals surface area contributed by atoms with Crippen LogP contribution in [-0.4, -0.2) is 52.6 Å². The van der Waals surface area contributed by atoms with Gasteiger partial charge in [-0.05, 0) is 30.9 Å². The largest absolute Gasteiger partial charge is 0.494 e. The van der Waals surface area contributed by atoms with E-state index in [1.54, 1.807) is 7.05 Å². The van der Waals surface area contributed by atoms with E-state index < -0.39 is 9.84 Å². The van der Waals surface area contributed by atoms with Gasteiger partial charge in [-0.2, -0.15) is 0 Å². The minimum absolute atomic E-state index is 0. The van der Waals surface area contributed by atoms with E-state index in [1.807, 2.05) is 30.3 Å². The Labute approximate surface area is 161 Å². The third-order valence-electron chi connectivity index (χ3n) is 3.73. The molecule has 1 fully saturated rings. The molecule has 0 radical (unpaired) electrons. The summed E-state index contributed by atoms with van der Waals surface area (Å²) in [6.45, 7) is 2.02. The summed E-state index contributed by atoms with van der Waals surface area (Å²) in [6, 6.07) is 9.72. The summed E-state index contributed by atoms with van der Waals surface area (Å²) in [4.78, 5) is 4.15. The molecule has 1 heterocycles. The number of nitrogens with zero attached hydrogens (tertiary/aromatic N) is 1. The molecule has 24 heavy (non-hydrogen) atoms. The summed E-state index contributed by atoms with van der Waals surface area (Å²) < 4.78 is 28.5. The first-order valence-electron chi connectivity index (χ1n) is 7.92. The Kier molecular flexibility index (Phi) is 9.42. The van der Waals surface area contributed by atoms with Crippen molar-refractivity contribution in [1.29, 1.82) is 0 Å². The van der Waals surface area contributed by atoms with Gasteiger partial charge in [0.15, 0.2) is 15.8 Å². The van der Waals surface area contributed by atoms with Crippen molar-refractivity contribution in [2.45, 2.75) is 12.8 Å². The van der Waals surface area contributed by atoms with E-state index in [0.29, 0.717) is 24.9 Å². The number of aliphatic imine (C=N–C) groups is 1. The topological polar surface area (TPSA) is 79.8 Å². The molecule has 0 bridgehead atoms. The van der Waals surface area contributed by atoms with Crippen molar-refractivity contribution in [3.63, 3.8) is 0 Å². The predicted molar refractivity (Wildman–Crippen MR) is 108 cm³/mol. The standard InChI is InChI=1S/C16H25N3O3S.HI/c1-17-16(19-12-14-8-11-23(20,21)13-14)18-9-5-10-22-15-6-3-2-4-7-15;/h2-4,6-7,14H,5,8-13H2,1H3,(H2,17,18,19);1H. The van der Waals surface area contributed by atoms with Gasteiger partial charge in [-0.15, -0.1) is 24.0 Å². The molecule has 136 valence electrons. The highest BCUT2D eigenvalue weighted by Crippen LogP contribution is 2.17. The molecule has 0 aliphatic carbocycles. The number of nitrogens with one attached hydrogen (secondary N) is 2. The molecular formula is C16H26IN3O3S. The van der Waals surface area contributed by atoms with E-state index in [4.69, 9.17) is 4.74 Å². The van der Waals surface area contributed by atoms with Gasteiger partial charge in [0.1, 0.15) is 5.75 Å². The van der Waals surface area contributed by atoms with Crippen LogP contribution in [0.5, 0.6) is 5.75 Å². The summed E-state index contributed by atoms with van der Waals surface area (Å²) in [5.41, 5.74) is 0. The second-order valence-corrected chi connectivity index (χ2v) is 7.89. The van der Waals surface area contributed by atoms with Gasteiger partial charge < -0.3 is 15.4 Å². The lowest BCUT2D eigenvalue weighted by molar-refractivity contribution is 0.311. The van der Waals surface area contributed by atoms with Crippen molar-refractivity contribution in [3.05, 3.63) is 30.3 Å². The number of guanidine groups is 1. The molecule has 2 N–H and O–H groups in total. The van der Waals surface area contributed by atoms with Gasteiger partial charge in [0.05, 0.1) is 18.1 Å². The zero-order valence-electron chi connectivity index (χ0n) is 13.9. The van der Waals surface area contributed by atoms with Crippen LogP contribution in [0.3, 0.4) is 0 Å². The number of halogens is 1. The average molecular weight is 467 g/mol. The molecule has 0 aromatic heterocycles. The van der Waals surface area contributed by atoms with Gasteiger partial charge in [-0.1, -0.05) is 18.2 Å². The zero-order chi connectivity index (χ0) is 16.5. The van der Waals surface area contributed by atoms with Crippen LogP contribution >= 0.6 is 24.0 Å². The first kappa shape index (κ1) is 21.0. The number of benzene rings is 1. The monoisotopic (exact) mass is 467 g/mol. The summed E-state index contributed by atoms with van der Waals surface area (Å²) >= 11 is 0. The maximum atomic E-state index is 11.4. The lowest BCUT2D eigenvalue weighted by Crippen LogP contribution is -2.40. The van der Waals surface area contributed by atoms with Crippen LogP contribution in [0.1, 0.15) is 12.8 Å². The van der Waals surface area contributed by atoms with Crippen LogP contribution < -0.4 is 15.4 Å². The zero-order valence-corrected chi connectivity index (χ0v) is 17.0. The Hall–Kier alpha value is -1.03. The van der Waals surface area contributed by atoms with Gasteiger partial charge in [-0.3, -0.25) is 4.99 Å². The molecule has 1 saturated heterocycles. The summed E-state index contributed by atoms with van der Waals surface area (Å²) in [5, 5.41) is 6.40. The number of sulfone groups is 1. The molecule has 0 spiro atoms. The summed E-state index contributed by atoms with van der Waals surface area (Å²) in [6.07, 6.45) is 1.59. The molecule has 6 nitrogen and oxygen atoms in total. The van der Waals surface area contributed by atoms with E-state index in [2.05, 4.69) is 15.6 Å².